The van der Waals surface area contributed by atoms with Crippen LogP contribution in [0.3, 0.4) is 0 Å². The fourth-order valence-electron chi connectivity index (χ4n) is 4.04. The minimum Gasteiger partial charge on any atom is -0.384 e. The van der Waals surface area contributed by atoms with Crippen LogP contribution < -0.4 is 14.9 Å². The smallest absolute Gasteiger partial charge is 0.219 e. The third kappa shape index (κ3) is 6.07. The minimum atomic E-state index is -3.19. The van der Waals surface area contributed by atoms with Crippen LogP contribution in [0.25, 0.3) is 0 Å². The molecule has 30 heavy (non-hydrogen) atoms. The maximum Gasteiger partial charge on any atom is 0.219 e. The molecule has 1 aromatic heterocycles. The highest BCUT2D eigenvalue weighted by atomic mass is 32.2. The first-order valence-corrected chi connectivity index (χ1v) is 12.5. The number of amides is 1. The Labute approximate surface area is 180 Å². The Hall–Kier alpha value is -1.87. The zero-order chi connectivity index (χ0) is 21.7. The maximum absolute atomic E-state index is 12.0. The summed E-state index contributed by atoms with van der Waals surface area (Å²) >= 11 is 0. The molecule has 1 aliphatic carbocycles. The van der Waals surface area contributed by atoms with Gasteiger partial charge in [-0.1, -0.05) is 0 Å². The van der Waals surface area contributed by atoms with Gasteiger partial charge in [0.1, 0.15) is 5.82 Å². The van der Waals surface area contributed by atoms with Crippen LogP contribution in [0.4, 0.5) is 11.5 Å². The molecule has 3 rings (SSSR count). The quantitative estimate of drug-likeness (QED) is 0.678. The second kappa shape index (κ2) is 9.96. The number of rotatable bonds is 7. The van der Waals surface area contributed by atoms with Gasteiger partial charge in [-0.15, -0.1) is 0 Å². The summed E-state index contributed by atoms with van der Waals surface area (Å²) < 4.78 is 26.9. The number of hydrogen-bond donors (Lipinski definition) is 2. The SMILES string of the molecule is CC(=O)N1CCN(c2ccc(NC[C@H]3CC[C@H](NS(=O)(=O)C(C)C)CC3)cn2)CC1. The zero-order valence-electron chi connectivity index (χ0n) is 18.3. The molecule has 2 N–H and O–H groups in total. The van der Waals surface area contributed by atoms with Crippen LogP contribution in [0.15, 0.2) is 18.3 Å². The number of hydrogen-bond acceptors (Lipinski definition) is 6. The Kier molecular flexibility index (Phi) is 7.57. The van der Waals surface area contributed by atoms with E-state index in [0.29, 0.717) is 5.92 Å². The van der Waals surface area contributed by atoms with Crippen LogP contribution in [0.2, 0.25) is 0 Å². The van der Waals surface area contributed by atoms with Crippen LogP contribution in [0, 0.1) is 5.92 Å². The van der Waals surface area contributed by atoms with Crippen molar-refractivity contribution in [2.45, 2.75) is 57.7 Å². The molecule has 0 spiro atoms. The highest BCUT2D eigenvalue weighted by Crippen LogP contribution is 2.26. The molecule has 1 saturated carbocycles. The molecular weight excluding hydrogens is 402 g/mol. The van der Waals surface area contributed by atoms with Gasteiger partial charge in [-0.3, -0.25) is 4.79 Å². The standard InChI is InChI=1S/C21H35N5O3S/c1-16(2)30(28,29)24-19-6-4-18(5-7-19)14-22-20-8-9-21(23-15-20)26-12-10-25(11-13-26)17(3)27/h8-9,15-16,18-19,22,24H,4-7,10-14H2,1-3H3/t18-,19-. The van der Waals surface area contributed by atoms with Crippen molar-refractivity contribution in [1.29, 1.82) is 0 Å². The van der Waals surface area contributed by atoms with E-state index in [1.165, 1.54) is 0 Å². The molecule has 1 amide bonds. The summed E-state index contributed by atoms with van der Waals surface area (Å²) in [6.45, 7) is 9.02. The average Bonchev–Trinajstić information content (AvgIpc) is 2.73. The van der Waals surface area contributed by atoms with Crippen LogP contribution in [-0.4, -0.2) is 68.2 Å². The molecule has 8 nitrogen and oxygen atoms in total. The van der Waals surface area contributed by atoms with Crippen LogP contribution in [-0.2, 0) is 14.8 Å². The Morgan fingerprint density at radius 1 is 1.13 bits per heavy atom. The van der Waals surface area contributed by atoms with Crippen molar-refractivity contribution >= 4 is 27.4 Å². The molecule has 9 heteroatoms. The first-order chi connectivity index (χ1) is 14.2. The van der Waals surface area contributed by atoms with Crippen molar-refractivity contribution in [2.75, 3.05) is 42.9 Å². The Morgan fingerprint density at radius 2 is 1.80 bits per heavy atom. The summed E-state index contributed by atoms with van der Waals surface area (Å²) in [6, 6.07) is 4.16. The van der Waals surface area contributed by atoms with Gasteiger partial charge in [-0.05, 0) is 57.6 Å². The van der Waals surface area contributed by atoms with Gasteiger partial charge in [0, 0.05) is 45.7 Å². The van der Waals surface area contributed by atoms with Crippen molar-refractivity contribution in [3.63, 3.8) is 0 Å². The second-order valence-corrected chi connectivity index (χ2v) is 11.0. The Bertz CT molecular complexity index is 796. The molecule has 0 bridgehead atoms. The van der Waals surface area contributed by atoms with E-state index >= 15 is 0 Å². The second-order valence-electron chi connectivity index (χ2n) is 8.71. The molecule has 0 unspecified atom stereocenters. The lowest BCUT2D eigenvalue weighted by molar-refractivity contribution is -0.129. The van der Waals surface area contributed by atoms with Gasteiger partial charge in [0.2, 0.25) is 15.9 Å². The largest absolute Gasteiger partial charge is 0.384 e. The minimum absolute atomic E-state index is 0.0677. The zero-order valence-corrected chi connectivity index (χ0v) is 19.1. The number of piperazine rings is 1. The van der Waals surface area contributed by atoms with Gasteiger partial charge in [0.05, 0.1) is 17.1 Å². The van der Waals surface area contributed by atoms with E-state index in [1.807, 2.05) is 17.2 Å². The molecule has 1 aliphatic heterocycles. The normalized spacial score (nSPS) is 22.9. The number of nitrogens with one attached hydrogen (secondary N) is 2. The number of sulfonamides is 1. The molecular formula is C21H35N5O3S. The Balaban J connectivity index is 1.40. The highest BCUT2D eigenvalue weighted by Gasteiger charge is 2.26. The molecule has 0 atom stereocenters. The molecule has 2 heterocycles. The van der Waals surface area contributed by atoms with Gasteiger partial charge in [0.15, 0.2) is 0 Å². The fraction of sp³-hybridized carbons (Fsp3) is 0.714. The third-order valence-electron chi connectivity index (χ3n) is 6.19. The predicted molar refractivity (Wildman–Crippen MR) is 120 cm³/mol. The van der Waals surface area contributed by atoms with E-state index in [1.54, 1.807) is 20.8 Å². The highest BCUT2D eigenvalue weighted by molar-refractivity contribution is 7.90. The summed E-state index contributed by atoms with van der Waals surface area (Å²) in [4.78, 5) is 20.1. The van der Waals surface area contributed by atoms with E-state index in [4.69, 9.17) is 0 Å². The van der Waals surface area contributed by atoms with E-state index in [0.717, 1.165) is 69.9 Å². The molecule has 0 aromatic carbocycles. The lowest BCUT2D eigenvalue weighted by Crippen LogP contribution is -2.48. The third-order valence-corrected chi connectivity index (χ3v) is 8.09. The van der Waals surface area contributed by atoms with Crippen molar-refractivity contribution < 1.29 is 13.2 Å². The summed E-state index contributed by atoms with van der Waals surface area (Å²) in [5.41, 5.74) is 1.00. The van der Waals surface area contributed by atoms with Gasteiger partial charge in [0.25, 0.3) is 0 Å². The van der Waals surface area contributed by atoms with Crippen LogP contribution in [0.5, 0.6) is 0 Å². The first-order valence-electron chi connectivity index (χ1n) is 11.0. The molecule has 1 saturated heterocycles. The number of pyridine rings is 1. The van der Waals surface area contributed by atoms with Crippen molar-refractivity contribution in [2.24, 2.45) is 5.92 Å². The van der Waals surface area contributed by atoms with E-state index in [9.17, 15) is 13.2 Å². The average molecular weight is 438 g/mol. The molecule has 2 aliphatic rings. The summed E-state index contributed by atoms with van der Waals surface area (Å²) in [5.74, 6) is 1.62. The van der Waals surface area contributed by atoms with Gasteiger partial charge >= 0.3 is 0 Å². The monoisotopic (exact) mass is 437 g/mol. The number of nitrogens with zero attached hydrogens (tertiary/aromatic N) is 3. The van der Waals surface area contributed by atoms with E-state index < -0.39 is 10.0 Å². The molecule has 168 valence electrons. The number of aromatic nitrogens is 1. The number of anilines is 2. The molecule has 0 radical (unpaired) electrons. The van der Waals surface area contributed by atoms with Gasteiger partial charge in [-0.25, -0.2) is 18.1 Å². The fourth-order valence-corrected chi connectivity index (χ4v) is 5.02. The Morgan fingerprint density at radius 3 is 2.33 bits per heavy atom. The lowest BCUT2D eigenvalue weighted by atomic mass is 9.86. The van der Waals surface area contributed by atoms with Crippen LogP contribution in [0.1, 0.15) is 46.5 Å². The molecule has 1 aromatic rings. The topological polar surface area (TPSA) is 94.6 Å². The molecule has 2 fully saturated rings. The van der Waals surface area contributed by atoms with E-state index in [2.05, 4.69) is 26.0 Å². The number of carbonyl (C=O) groups excluding carboxylic acids is 1. The van der Waals surface area contributed by atoms with Crippen molar-refractivity contribution in [3.8, 4) is 0 Å². The van der Waals surface area contributed by atoms with Crippen molar-refractivity contribution in [1.82, 2.24) is 14.6 Å². The number of carbonyl (C=O) groups is 1. The summed E-state index contributed by atoms with van der Waals surface area (Å²) in [5, 5.41) is 3.09. The first kappa shape index (κ1) is 22.8. The van der Waals surface area contributed by atoms with Gasteiger partial charge in [-0.2, -0.15) is 0 Å². The van der Waals surface area contributed by atoms with Crippen LogP contribution >= 0.6 is 0 Å². The predicted octanol–water partition coefficient (Wildman–Crippen LogP) is 2.05. The maximum atomic E-state index is 12.0. The lowest BCUT2D eigenvalue weighted by Gasteiger charge is -2.35. The summed E-state index contributed by atoms with van der Waals surface area (Å²) in [7, 11) is -3.19. The van der Waals surface area contributed by atoms with Gasteiger partial charge < -0.3 is 15.1 Å². The van der Waals surface area contributed by atoms with Crippen molar-refractivity contribution in [3.05, 3.63) is 18.3 Å². The van der Waals surface area contributed by atoms with E-state index in [-0.39, 0.29) is 17.2 Å². The summed E-state index contributed by atoms with van der Waals surface area (Å²) in [6.07, 6.45) is 5.69.